The third kappa shape index (κ3) is 2.75. The third-order valence-electron chi connectivity index (χ3n) is 2.15. The van der Waals surface area contributed by atoms with Crippen LogP contribution in [-0.2, 0) is 6.42 Å². The van der Waals surface area contributed by atoms with Gasteiger partial charge in [-0.2, -0.15) is 0 Å². The average molecular weight is 194 g/mol. The van der Waals surface area contributed by atoms with Gasteiger partial charge in [-0.3, -0.25) is 0 Å². The zero-order valence-electron chi connectivity index (χ0n) is 7.57. The number of thioether (sulfide) groups is 1. The van der Waals surface area contributed by atoms with E-state index < -0.39 is 0 Å². The van der Waals surface area contributed by atoms with Crippen LogP contribution in [0.15, 0.2) is 29.2 Å². The topological polar surface area (TPSA) is 20.2 Å². The molecule has 0 atom stereocenters. The van der Waals surface area contributed by atoms with Gasteiger partial charge in [-0.1, -0.05) is 12.1 Å². The molecule has 0 saturated heterocycles. The van der Waals surface area contributed by atoms with Gasteiger partial charge in [0.05, 0.1) is 0 Å². The first-order chi connectivity index (χ1) is 6.38. The molecule has 0 amide bonds. The molecular formula is C11H14OS. The fraction of sp³-hybridized carbons (Fsp3) is 0.455. The molecule has 1 saturated carbocycles. The van der Waals surface area contributed by atoms with Crippen molar-refractivity contribution in [1.82, 2.24) is 0 Å². The summed E-state index contributed by atoms with van der Waals surface area (Å²) in [7, 11) is 0. The summed E-state index contributed by atoms with van der Waals surface area (Å²) in [5.41, 5.74) is 1.22. The Kier molecular flexibility index (Phi) is 2.91. The minimum atomic E-state index is 0.245. The number of hydrogen-bond donors (Lipinski definition) is 1. The lowest BCUT2D eigenvalue weighted by Crippen LogP contribution is -1.89. The zero-order chi connectivity index (χ0) is 9.10. The van der Waals surface area contributed by atoms with E-state index in [2.05, 4.69) is 24.3 Å². The van der Waals surface area contributed by atoms with E-state index in [0.29, 0.717) is 0 Å². The smallest absolute Gasteiger partial charge is 0.0471 e. The number of rotatable bonds is 4. The molecule has 0 spiro atoms. The monoisotopic (exact) mass is 194 g/mol. The van der Waals surface area contributed by atoms with Crippen LogP contribution in [0.25, 0.3) is 0 Å². The van der Waals surface area contributed by atoms with E-state index >= 15 is 0 Å². The Balaban J connectivity index is 1.95. The maximum Gasteiger partial charge on any atom is 0.0471 e. The molecule has 1 nitrogen and oxygen atoms in total. The Labute approximate surface area is 83.2 Å². The summed E-state index contributed by atoms with van der Waals surface area (Å²) in [6, 6.07) is 8.55. The fourth-order valence-electron chi connectivity index (χ4n) is 1.24. The molecule has 1 fully saturated rings. The van der Waals surface area contributed by atoms with Crippen LogP contribution >= 0.6 is 11.8 Å². The largest absolute Gasteiger partial charge is 0.396 e. The first-order valence-electron chi connectivity index (χ1n) is 4.75. The number of aliphatic hydroxyl groups excluding tert-OH is 1. The van der Waals surface area contributed by atoms with Crippen LogP contribution in [0.2, 0.25) is 0 Å². The molecule has 2 rings (SSSR count). The van der Waals surface area contributed by atoms with Crippen molar-refractivity contribution in [2.75, 3.05) is 6.61 Å². The molecular weight excluding hydrogens is 180 g/mol. The quantitative estimate of drug-likeness (QED) is 0.794. The fourth-order valence-corrected chi connectivity index (χ4v) is 2.29. The summed E-state index contributed by atoms with van der Waals surface area (Å²) < 4.78 is 0. The normalized spacial score (nSPS) is 16.1. The lowest BCUT2D eigenvalue weighted by molar-refractivity contribution is 0.299. The molecule has 0 heterocycles. The van der Waals surface area contributed by atoms with E-state index in [1.807, 2.05) is 11.8 Å². The van der Waals surface area contributed by atoms with Crippen molar-refractivity contribution in [2.45, 2.75) is 29.4 Å². The molecule has 1 aliphatic carbocycles. The highest BCUT2D eigenvalue weighted by atomic mass is 32.2. The van der Waals surface area contributed by atoms with Crippen molar-refractivity contribution in [2.24, 2.45) is 0 Å². The lowest BCUT2D eigenvalue weighted by Gasteiger charge is -2.01. The summed E-state index contributed by atoms with van der Waals surface area (Å²) in [4.78, 5) is 1.36. The summed E-state index contributed by atoms with van der Waals surface area (Å²) in [6.45, 7) is 0.245. The van der Waals surface area contributed by atoms with Gasteiger partial charge in [0, 0.05) is 16.8 Å². The van der Waals surface area contributed by atoms with Crippen molar-refractivity contribution in [3.8, 4) is 0 Å². The third-order valence-corrected chi connectivity index (χ3v) is 3.50. The molecule has 0 aliphatic heterocycles. The number of aliphatic hydroxyl groups is 1. The van der Waals surface area contributed by atoms with Crippen molar-refractivity contribution in [1.29, 1.82) is 0 Å². The Morgan fingerprint density at radius 1 is 1.23 bits per heavy atom. The molecule has 1 aromatic rings. The van der Waals surface area contributed by atoms with Gasteiger partial charge in [-0.05, 0) is 37.0 Å². The van der Waals surface area contributed by atoms with E-state index in [1.165, 1.54) is 23.3 Å². The Morgan fingerprint density at radius 3 is 2.46 bits per heavy atom. The molecule has 1 N–H and O–H groups in total. The van der Waals surface area contributed by atoms with Crippen LogP contribution in [0.4, 0.5) is 0 Å². The van der Waals surface area contributed by atoms with Crippen LogP contribution in [0.3, 0.4) is 0 Å². The molecule has 13 heavy (non-hydrogen) atoms. The van der Waals surface area contributed by atoms with Crippen LogP contribution in [-0.4, -0.2) is 17.0 Å². The number of hydrogen-bond acceptors (Lipinski definition) is 2. The van der Waals surface area contributed by atoms with Gasteiger partial charge in [-0.25, -0.2) is 0 Å². The van der Waals surface area contributed by atoms with Crippen LogP contribution < -0.4 is 0 Å². The molecule has 0 radical (unpaired) electrons. The first-order valence-corrected chi connectivity index (χ1v) is 5.63. The second-order valence-corrected chi connectivity index (χ2v) is 4.81. The highest BCUT2D eigenvalue weighted by Gasteiger charge is 2.22. The Hall–Kier alpha value is -0.470. The Morgan fingerprint density at radius 2 is 1.92 bits per heavy atom. The number of benzene rings is 1. The standard InChI is InChI=1S/C11H14OS/c12-8-7-9-1-3-10(4-2-9)13-11-5-6-11/h1-4,11-12H,5-8H2. The van der Waals surface area contributed by atoms with E-state index in [-0.39, 0.29) is 6.61 Å². The predicted octanol–water partition coefficient (Wildman–Crippen LogP) is 2.48. The van der Waals surface area contributed by atoms with E-state index in [9.17, 15) is 0 Å². The summed E-state index contributed by atoms with van der Waals surface area (Å²) in [5, 5.41) is 9.62. The van der Waals surface area contributed by atoms with Crippen molar-refractivity contribution >= 4 is 11.8 Å². The van der Waals surface area contributed by atoms with Crippen molar-refractivity contribution in [3.63, 3.8) is 0 Å². The lowest BCUT2D eigenvalue weighted by atomic mass is 10.2. The van der Waals surface area contributed by atoms with Gasteiger partial charge in [0.2, 0.25) is 0 Å². The maximum absolute atomic E-state index is 8.74. The van der Waals surface area contributed by atoms with Gasteiger partial charge in [0.15, 0.2) is 0 Å². The van der Waals surface area contributed by atoms with Crippen molar-refractivity contribution < 1.29 is 5.11 Å². The summed E-state index contributed by atoms with van der Waals surface area (Å²) >= 11 is 1.97. The summed E-state index contributed by atoms with van der Waals surface area (Å²) in [5.74, 6) is 0. The van der Waals surface area contributed by atoms with Gasteiger partial charge >= 0.3 is 0 Å². The minimum Gasteiger partial charge on any atom is -0.396 e. The SMILES string of the molecule is OCCc1ccc(SC2CC2)cc1. The van der Waals surface area contributed by atoms with E-state index in [4.69, 9.17) is 5.11 Å². The van der Waals surface area contributed by atoms with Gasteiger partial charge in [0.1, 0.15) is 0 Å². The van der Waals surface area contributed by atoms with E-state index in [1.54, 1.807) is 0 Å². The van der Waals surface area contributed by atoms with Gasteiger partial charge in [-0.15, -0.1) is 11.8 Å². The molecule has 0 aromatic heterocycles. The maximum atomic E-state index is 8.74. The molecule has 0 unspecified atom stereocenters. The second kappa shape index (κ2) is 4.16. The molecule has 0 bridgehead atoms. The van der Waals surface area contributed by atoms with Gasteiger partial charge < -0.3 is 5.11 Å². The minimum absolute atomic E-state index is 0.245. The average Bonchev–Trinajstić information content (AvgIpc) is 2.93. The van der Waals surface area contributed by atoms with Crippen LogP contribution in [0.5, 0.6) is 0 Å². The highest BCUT2D eigenvalue weighted by Crippen LogP contribution is 2.38. The van der Waals surface area contributed by atoms with Gasteiger partial charge in [0.25, 0.3) is 0 Å². The highest BCUT2D eigenvalue weighted by molar-refractivity contribution is 8.00. The van der Waals surface area contributed by atoms with Crippen molar-refractivity contribution in [3.05, 3.63) is 29.8 Å². The summed E-state index contributed by atoms with van der Waals surface area (Å²) in [6.07, 6.45) is 3.53. The second-order valence-electron chi connectivity index (χ2n) is 3.43. The van der Waals surface area contributed by atoms with E-state index in [0.717, 1.165) is 11.7 Å². The predicted molar refractivity (Wildman–Crippen MR) is 56.1 cm³/mol. The molecule has 2 heteroatoms. The molecule has 1 aromatic carbocycles. The first kappa shape index (κ1) is 9.10. The molecule has 70 valence electrons. The Bertz CT molecular complexity index is 264. The van der Waals surface area contributed by atoms with Crippen LogP contribution in [0, 0.1) is 0 Å². The molecule has 1 aliphatic rings. The van der Waals surface area contributed by atoms with Crippen LogP contribution in [0.1, 0.15) is 18.4 Å². The zero-order valence-corrected chi connectivity index (χ0v) is 8.39.